The standard InChI is InChI=1S/C20H32F3N5O4/c1-14-10-27(15(2)12-29)19(31)5-4-8-28-16(9-24-25-28)13-32-17(14)11-26(3)18(30)6-7-20(21,22)23/h9,14-15,17,29H,4-8,10-13H2,1-3H3/t14-,15-,17+/m1/s1. The normalized spacial score (nSPS) is 22.0. The number of ether oxygens (including phenoxy) is 1. The lowest BCUT2D eigenvalue weighted by molar-refractivity contribution is -0.150. The molecule has 0 aliphatic carbocycles. The predicted molar refractivity (Wildman–Crippen MR) is 108 cm³/mol. The molecule has 1 aromatic rings. The molecule has 1 aromatic heterocycles. The van der Waals surface area contributed by atoms with Crippen LogP contribution in [0.2, 0.25) is 0 Å². The summed E-state index contributed by atoms with van der Waals surface area (Å²) in [4.78, 5) is 27.8. The zero-order chi connectivity index (χ0) is 23.9. The summed E-state index contributed by atoms with van der Waals surface area (Å²) in [5.41, 5.74) is 0.710. The van der Waals surface area contributed by atoms with E-state index in [4.69, 9.17) is 4.74 Å². The summed E-state index contributed by atoms with van der Waals surface area (Å²) in [5.74, 6) is -1.00. The fraction of sp³-hybridized carbons (Fsp3) is 0.800. The molecule has 0 saturated carbocycles. The minimum absolute atomic E-state index is 0.0644. The zero-order valence-electron chi connectivity index (χ0n) is 18.7. The lowest BCUT2D eigenvalue weighted by Gasteiger charge is -2.35. The summed E-state index contributed by atoms with van der Waals surface area (Å²) < 4.78 is 45.2. The number of likely N-dealkylation sites (N-methyl/N-ethyl adjacent to an activating group) is 1. The van der Waals surface area contributed by atoms with E-state index in [0.29, 0.717) is 18.7 Å². The Morgan fingerprint density at radius 3 is 2.81 bits per heavy atom. The van der Waals surface area contributed by atoms with Gasteiger partial charge in [-0.15, -0.1) is 5.10 Å². The van der Waals surface area contributed by atoms with Crippen LogP contribution in [0.4, 0.5) is 13.2 Å². The van der Waals surface area contributed by atoms with Crippen molar-refractivity contribution in [3.8, 4) is 0 Å². The summed E-state index contributed by atoms with van der Waals surface area (Å²) in [6, 6.07) is -0.401. The van der Waals surface area contributed by atoms with Crippen LogP contribution in [-0.2, 0) is 27.5 Å². The van der Waals surface area contributed by atoms with Gasteiger partial charge in [-0.25, -0.2) is 4.68 Å². The first-order valence-electron chi connectivity index (χ1n) is 10.7. The molecule has 0 fully saturated rings. The molecule has 0 saturated heterocycles. The Balaban J connectivity index is 2.18. The van der Waals surface area contributed by atoms with Crippen LogP contribution in [0, 0.1) is 5.92 Å². The fourth-order valence-electron chi connectivity index (χ4n) is 3.56. The molecule has 2 rings (SSSR count). The van der Waals surface area contributed by atoms with E-state index in [9.17, 15) is 27.9 Å². The van der Waals surface area contributed by atoms with Crippen molar-refractivity contribution in [2.75, 3.05) is 26.7 Å². The molecule has 0 unspecified atom stereocenters. The van der Waals surface area contributed by atoms with Gasteiger partial charge in [0.05, 0.1) is 43.7 Å². The number of fused-ring (bicyclic) bond motifs is 1. The molecular formula is C20H32F3N5O4. The van der Waals surface area contributed by atoms with Crippen LogP contribution in [0.15, 0.2) is 6.20 Å². The molecule has 0 spiro atoms. The Morgan fingerprint density at radius 1 is 1.44 bits per heavy atom. The lowest BCUT2D eigenvalue weighted by atomic mass is 10.0. The van der Waals surface area contributed by atoms with Crippen LogP contribution in [0.25, 0.3) is 0 Å². The number of hydrogen-bond donors (Lipinski definition) is 1. The maximum Gasteiger partial charge on any atom is 0.389 e. The van der Waals surface area contributed by atoms with Crippen molar-refractivity contribution in [2.45, 2.75) is 71.0 Å². The Kier molecular flexibility index (Phi) is 9.44. The van der Waals surface area contributed by atoms with Crippen LogP contribution in [0.3, 0.4) is 0 Å². The largest absolute Gasteiger partial charge is 0.394 e. The third-order valence-electron chi connectivity index (χ3n) is 5.64. The average molecular weight is 464 g/mol. The highest BCUT2D eigenvalue weighted by atomic mass is 19.4. The van der Waals surface area contributed by atoms with E-state index >= 15 is 0 Å². The van der Waals surface area contributed by atoms with Gasteiger partial charge in [0.15, 0.2) is 0 Å². The Bertz CT molecular complexity index is 758. The Morgan fingerprint density at radius 2 is 2.16 bits per heavy atom. The molecule has 1 N–H and O–H groups in total. The number of rotatable bonds is 6. The third kappa shape index (κ3) is 7.73. The fourth-order valence-corrected chi connectivity index (χ4v) is 3.56. The van der Waals surface area contributed by atoms with Gasteiger partial charge in [0.2, 0.25) is 11.8 Å². The molecule has 3 atom stereocenters. The number of aliphatic hydroxyl groups excluding tert-OH is 1. The highest BCUT2D eigenvalue weighted by Crippen LogP contribution is 2.22. The number of halogens is 3. The third-order valence-corrected chi connectivity index (χ3v) is 5.64. The van der Waals surface area contributed by atoms with Crippen molar-refractivity contribution >= 4 is 11.8 Å². The maximum absolute atomic E-state index is 12.8. The van der Waals surface area contributed by atoms with Crippen molar-refractivity contribution < 1.29 is 32.6 Å². The first-order chi connectivity index (χ1) is 15.0. The van der Waals surface area contributed by atoms with E-state index in [0.717, 1.165) is 0 Å². The Hall–Kier alpha value is -2.21. The number of amides is 2. The number of aryl methyl sites for hydroxylation is 1. The summed E-state index contributed by atoms with van der Waals surface area (Å²) >= 11 is 0. The van der Waals surface area contributed by atoms with Crippen molar-refractivity contribution in [1.82, 2.24) is 24.8 Å². The molecule has 2 heterocycles. The number of hydrogen-bond acceptors (Lipinski definition) is 6. The minimum Gasteiger partial charge on any atom is -0.394 e. The second kappa shape index (κ2) is 11.6. The topological polar surface area (TPSA) is 101 Å². The van der Waals surface area contributed by atoms with Gasteiger partial charge in [-0.05, 0) is 13.3 Å². The van der Waals surface area contributed by atoms with Crippen molar-refractivity contribution in [3.05, 3.63) is 11.9 Å². The Labute approximate surface area is 185 Å². The van der Waals surface area contributed by atoms with Crippen molar-refractivity contribution in [1.29, 1.82) is 0 Å². The van der Waals surface area contributed by atoms with Crippen LogP contribution in [0.5, 0.6) is 0 Å². The second-order valence-corrected chi connectivity index (χ2v) is 8.35. The van der Waals surface area contributed by atoms with E-state index < -0.39 is 37.1 Å². The van der Waals surface area contributed by atoms with Gasteiger partial charge >= 0.3 is 6.18 Å². The van der Waals surface area contributed by atoms with E-state index in [1.807, 2.05) is 6.92 Å². The van der Waals surface area contributed by atoms with Gasteiger partial charge in [0.25, 0.3) is 0 Å². The first kappa shape index (κ1) is 26.0. The van der Waals surface area contributed by atoms with Gasteiger partial charge in [0, 0.05) is 45.4 Å². The zero-order valence-corrected chi connectivity index (χ0v) is 18.7. The number of aromatic nitrogens is 3. The molecule has 0 bridgehead atoms. The van der Waals surface area contributed by atoms with Gasteiger partial charge in [0.1, 0.15) is 0 Å². The summed E-state index contributed by atoms with van der Waals surface area (Å²) in [6.07, 6.45) is -4.38. The SMILES string of the molecule is C[C@@H]1CN([C@H](C)CO)C(=O)CCCn2nncc2CO[C@H]1CN(C)C(=O)CCC(F)(F)F. The molecular weight excluding hydrogens is 431 g/mol. The van der Waals surface area contributed by atoms with Gasteiger partial charge in [-0.2, -0.15) is 13.2 Å². The van der Waals surface area contributed by atoms with Crippen molar-refractivity contribution in [2.24, 2.45) is 5.92 Å². The van der Waals surface area contributed by atoms with Crippen LogP contribution in [-0.4, -0.2) is 86.8 Å². The summed E-state index contributed by atoms with van der Waals surface area (Å²) in [7, 11) is 1.44. The minimum atomic E-state index is -4.40. The quantitative estimate of drug-likeness (QED) is 0.688. The number of carbonyl (C=O) groups excluding carboxylic acids is 2. The van der Waals surface area contributed by atoms with Crippen LogP contribution >= 0.6 is 0 Å². The first-order valence-corrected chi connectivity index (χ1v) is 10.7. The number of aliphatic hydroxyl groups is 1. The highest BCUT2D eigenvalue weighted by Gasteiger charge is 2.31. The van der Waals surface area contributed by atoms with Crippen molar-refractivity contribution in [3.63, 3.8) is 0 Å². The molecule has 1 aliphatic rings. The predicted octanol–water partition coefficient (Wildman–Crippen LogP) is 1.60. The average Bonchev–Trinajstić information content (AvgIpc) is 3.17. The lowest BCUT2D eigenvalue weighted by Crippen LogP contribution is -2.48. The summed E-state index contributed by atoms with van der Waals surface area (Å²) in [5, 5.41) is 17.5. The number of carbonyl (C=O) groups is 2. The maximum atomic E-state index is 12.8. The van der Waals surface area contributed by atoms with E-state index in [1.54, 1.807) is 22.7 Å². The molecule has 0 aromatic carbocycles. The van der Waals surface area contributed by atoms with Gasteiger partial charge < -0.3 is 19.6 Å². The second-order valence-electron chi connectivity index (χ2n) is 8.35. The molecule has 1 aliphatic heterocycles. The van der Waals surface area contributed by atoms with Crippen LogP contribution < -0.4 is 0 Å². The number of alkyl halides is 3. The monoisotopic (exact) mass is 463 g/mol. The smallest absolute Gasteiger partial charge is 0.389 e. The van der Waals surface area contributed by atoms with E-state index in [1.165, 1.54) is 11.9 Å². The molecule has 32 heavy (non-hydrogen) atoms. The molecule has 0 radical (unpaired) electrons. The van der Waals surface area contributed by atoms with E-state index in [-0.39, 0.29) is 44.5 Å². The molecule has 9 nitrogen and oxygen atoms in total. The summed E-state index contributed by atoms with van der Waals surface area (Å²) in [6.45, 7) is 4.38. The van der Waals surface area contributed by atoms with Gasteiger partial charge in [-0.3, -0.25) is 9.59 Å². The van der Waals surface area contributed by atoms with Crippen LogP contribution in [0.1, 0.15) is 45.2 Å². The van der Waals surface area contributed by atoms with Gasteiger partial charge in [-0.1, -0.05) is 12.1 Å². The number of nitrogens with zero attached hydrogens (tertiary/aromatic N) is 5. The molecule has 2 amide bonds. The van der Waals surface area contributed by atoms with E-state index in [2.05, 4.69) is 10.3 Å². The molecule has 12 heteroatoms. The molecule has 182 valence electrons. The highest BCUT2D eigenvalue weighted by molar-refractivity contribution is 5.76.